The zero-order valence-corrected chi connectivity index (χ0v) is 10.3. The third-order valence-corrected chi connectivity index (χ3v) is 3.22. The van der Waals surface area contributed by atoms with E-state index in [0.717, 1.165) is 0 Å². The Morgan fingerprint density at radius 1 is 1.50 bits per heavy atom. The van der Waals surface area contributed by atoms with Crippen molar-refractivity contribution in [3.05, 3.63) is 0 Å². The summed E-state index contributed by atoms with van der Waals surface area (Å²) in [6.45, 7) is 6.91. The van der Waals surface area contributed by atoms with E-state index < -0.39 is 22.6 Å². The SMILES string of the molecule is CCCC1(C#N)C(=O)OC(C)(C)CC1(C)O. The van der Waals surface area contributed by atoms with Crippen molar-refractivity contribution < 1.29 is 14.6 Å². The quantitative estimate of drug-likeness (QED) is 0.727. The van der Waals surface area contributed by atoms with Crippen LogP contribution in [-0.4, -0.2) is 22.3 Å². The molecule has 0 saturated carbocycles. The van der Waals surface area contributed by atoms with Gasteiger partial charge >= 0.3 is 5.97 Å². The maximum absolute atomic E-state index is 12.0. The standard InChI is InChI=1S/C12H19NO3/c1-5-6-12(8-13)9(14)16-10(2,3)7-11(12,4)15/h15H,5-7H2,1-4H3. The van der Waals surface area contributed by atoms with Gasteiger partial charge in [-0.15, -0.1) is 0 Å². The maximum atomic E-state index is 12.0. The highest BCUT2D eigenvalue weighted by atomic mass is 16.6. The first kappa shape index (κ1) is 13.0. The molecule has 1 aliphatic heterocycles. The van der Waals surface area contributed by atoms with E-state index in [1.807, 2.05) is 13.0 Å². The summed E-state index contributed by atoms with van der Waals surface area (Å²) in [5.41, 5.74) is -3.47. The summed E-state index contributed by atoms with van der Waals surface area (Å²) in [6, 6.07) is 1.97. The van der Waals surface area contributed by atoms with Gasteiger partial charge in [-0.2, -0.15) is 5.26 Å². The number of nitriles is 1. The molecule has 4 nitrogen and oxygen atoms in total. The van der Waals surface area contributed by atoms with Gasteiger partial charge in [0.2, 0.25) is 0 Å². The van der Waals surface area contributed by atoms with Crippen molar-refractivity contribution in [1.82, 2.24) is 0 Å². The second-order valence-electron chi connectivity index (χ2n) is 5.37. The maximum Gasteiger partial charge on any atom is 0.330 e. The van der Waals surface area contributed by atoms with Gasteiger partial charge in [-0.3, -0.25) is 4.79 Å². The molecule has 0 aromatic heterocycles. The van der Waals surface area contributed by atoms with Crippen molar-refractivity contribution in [2.45, 2.75) is 58.2 Å². The molecular formula is C12H19NO3. The van der Waals surface area contributed by atoms with Gasteiger partial charge in [0.15, 0.2) is 5.41 Å². The number of rotatable bonds is 2. The summed E-state index contributed by atoms with van der Waals surface area (Å²) >= 11 is 0. The van der Waals surface area contributed by atoms with Crippen LogP contribution in [-0.2, 0) is 9.53 Å². The van der Waals surface area contributed by atoms with Crippen LogP contribution in [0, 0.1) is 16.7 Å². The van der Waals surface area contributed by atoms with E-state index in [0.29, 0.717) is 12.8 Å². The van der Waals surface area contributed by atoms with E-state index in [4.69, 9.17) is 4.74 Å². The number of nitrogens with zero attached hydrogens (tertiary/aromatic N) is 1. The molecule has 1 N–H and O–H groups in total. The Balaban J connectivity index is 3.19. The summed E-state index contributed by atoms with van der Waals surface area (Å²) in [7, 11) is 0. The molecule has 4 heteroatoms. The Hall–Kier alpha value is -1.08. The number of carbonyl (C=O) groups is 1. The minimum Gasteiger partial charge on any atom is -0.458 e. The van der Waals surface area contributed by atoms with E-state index in [1.54, 1.807) is 20.8 Å². The average Bonchev–Trinajstić information content (AvgIpc) is 2.08. The highest BCUT2D eigenvalue weighted by Crippen LogP contribution is 2.47. The molecular weight excluding hydrogens is 206 g/mol. The Labute approximate surface area is 96.2 Å². The van der Waals surface area contributed by atoms with Gasteiger partial charge in [0, 0.05) is 6.42 Å². The summed E-state index contributed by atoms with van der Waals surface area (Å²) in [5, 5.41) is 19.6. The topological polar surface area (TPSA) is 70.3 Å². The Kier molecular flexibility index (Phi) is 3.04. The number of hydrogen-bond acceptors (Lipinski definition) is 4. The first-order valence-electron chi connectivity index (χ1n) is 5.58. The zero-order valence-electron chi connectivity index (χ0n) is 10.3. The van der Waals surface area contributed by atoms with E-state index >= 15 is 0 Å². The van der Waals surface area contributed by atoms with Gasteiger partial charge in [0.25, 0.3) is 0 Å². The van der Waals surface area contributed by atoms with E-state index in [-0.39, 0.29) is 6.42 Å². The molecule has 0 spiro atoms. The van der Waals surface area contributed by atoms with Crippen molar-refractivity contribution in [3.63, 3.8) is 0 Å². The number of aliphatic hydroxyl groups is 1. The number of hydrogen-bond donors (Lipinski definition) is 1. The largest absolute Gasteiger partial charge is 0.458 e. The molecule has 90 valence electrons. The van der Waals surface area contributed by atoms with Crippen molar-refractivity contribution >= 4 is 5.97 Å². The number of esters is 1. The fraction of sp³-hybridized carbons (Fsp3) is 0.833. The van der Waals surface area contributed by atoms with Gasteiger partial charge in [0.1, 0.15) is 5.60 Å². The average molecular weight is 225 g/mol. The van der Waals surface area contributed by atoms with E-state index in [9.17, 15) is 15.2 Å². The van der Waals surface area contributed by atoms with Crippen LogP contribution >= 0.6 is 0 Å². The van der Waals surface area contributed by atoms with E-state index in [2.05, 4.69) is 0 Å². The lowest BCUT2D eigenvalue weighted by molar-refractivity contribution is -0.210. The lowest BCUT2D eigenvalue weighted by Gasteiger charge is -2.48. The number of ether oxygens (including phenoxy) is 1. The van der Waals surface area contributed by atoms with Crippen molar-refractivity contribution in [2.75, 3.05) is 0 Å². The molecule has 1 fully saturated rings. The van der Waals surface area contributed by atoms with Crippen molar-refractivity contribution in [1.29, 1.82) is 5.26 Å². The summed E-state index contributed by atoms with van der Waals surface area (Å²) < 4.78 is 5.25. The lowest BCUT2D eigenvalue weighted by atomic mass is 9.65. The highest BCUT2D eigenvalue weighted by Gasteiger charge is 2.60. The summed E-state index contributed by atoms with van der Waals surface area (Å²) in [5.74, 6) is -0.599. The second kappa shape index (κ2) is 3.74. The number of cyclic esters (lactones) is 1. The van der Waals surface area contributed by atoms with Crippen LogP contribution in [0.3, 0.4) is 0 Å². The van der Waals surface area contributed by atoms with Crippen LogP contribution in [0.4, 0.5) is 0 Å². The highest BCUT2D eigenvalue weighted by molar-refractivity contribution is 5.83. The van der Waals surface area contributed by atoms with Gasteiger partial charge in [0.05, 0.1) is 11.7 Å². The van der Waals surface area contributed by atoms with Crippen LogP contribution in [0.15, 0.2) is 0 Å². The Morgan fingerprint density at radius 3 is 2.44 bits per heavy atom. The monoisotopic (exact) mass is 225 g/mol. The molecule has 0 bridgehead atoms. The zero-order chi connectivity index (χ0) is 12.6. The molecule has 2 atom stereocenters. The van der Waals surface area contributed by atoms with Crippen LogP contribution in [0.1, 0.15) is 47.0 Å². The Morgan fingerprint density at radius 2 is 2.06 bits per heavy atom. The third-order valence-electron chi connectivity index (χ3n) is 3.22. The van der Waals surface area contributed by atoms with Gasteiger partial charge < -0.3 is 9.84 Å². The van der Waals surface area contributed by atoms with Gasteiger partial charge in [-0.05, 0) is 27.2 Å². The summed E-state index contributed by atoms with van der Waals surface area (Å²) in [4.78, 5) is 12.0. The molecule has 1 aliphatic rings. The Bertz CT molecular complexity index is 341. The molecule has 0 amide bonds. The first-order valence-corrected chi connectivity index (χ1v) is 5.58. The minimum atomic E-state index is -1.42. The smallest absolute Gasteiger partial charge is 0.330 e. The van der Waals surface area contributed by atoms with Crippen LogP contribution in [0.25, 0.3) is 0 Å². The molecule has 1 saturated heterocycles. The fourth-order valence-electron chi connectivity index (χ4n) is 2.54. The molecule has 0 aromatic carbocycles. The minimum absolute atomic E-state index is 0.277. The molecule has 16 heavy (non-hydrogen) atoms. The molecule has 1 rings (SSSR count). The van der Waals surface area contributed by atoms with Crippen molar-refractivity contribution in [2.24, 2.45) is 5.41 Å². The molecule has 0 radical (unpaired) electrons. The third kappa shape index (κ3) is 1.80. The van der Waals surface area contributed by atoms with E-state index in [1.165, 1.54) is 0 Å². The predicted molar refractivity (Wildman–Crippen MR) is 58.4 cm³/mol. The lowest BCUT2D eigenvalue weighted by Crippen LogP contribution is -2.60. The number of carbonyl (C=O) groups excluding carboxylic acids is 1. The normalized spacial score (nSPS) is 37.6. The van der Waals surface area contributed by atoms with Gasteiger partial charge in [-0.25, -0.2) is 0 Å². The van der Waals surface area contributed by atoms with Gasteiger partial charge in [-0.1, -0.05) is 13.3 Å². The van der Waals surface area contributed by atoms with Crippen LogP contribution in [0.5, 0.6) is 0 Å². The summed E-state index contributed by atoms with van der Waals surface area (Å²) in [6.07, 6.45) is 1.25. The molecule has 0 aliphatic carbocycles. The fourth-order valence-corrected chi connectivity index (χ4v) is 2.54. The van der Waals surface area contributed by atoms with Crippen molar-refractivity contribution in [3.8, 4) is 6.07 Å². The van der Waals surface area contributed by atoms with Crippen LogP contribution < -0.4 is 0 Å². The molecule has 1 heterocycles. The predicted octanol–water partition coefficient (Wildman–Crippen LogP) is 1.77. The molecule has 0 aromatic rings. The second-order valence-corrected chi connectivity index (χ2v) is 5.37. The van der Waals surface area contributed by atoms with Crippen LogP contribution in [0.2, 0.25) is 0 Å². The first-order chi connectivity index (χ1) is 7.21. The molecule has 2 unspecified atom stereocenters.